The van der Waals surface area contributed by atoms with Gasteiger partial charge in [0.1, 0.15) is 0 Å². The van der Waals surface area contributed by atoms with Gasteiger partial charge in [-0.2, -0.15) is 13.2 Å². The van der Waals surface area contributed by atoms with Gasteiger partial charge in [-0.1, -0.05) is 38.1 Å². The number of hydrogen-bond acceptors (Lipinski definition) is 1. The summed E-state index contributed by atoms with van der Waals surface area (Å²) in [6.07, 6.45) is -5.15. The highest BCUT2D eigenvalue weighted by Gasteiger charge is 2.32. The Hall–Kier alpha value is -1.03. The highest BCUT2D eigenvalue weighted by atomic mass is 19.4. The fraction of sp³-hybridized carbons (Fsp3) is 0.571. The Morgan fingerprint density at radius 1 is 1.11 bits per heavy atom. The summed E-state index contributed by atoms with van der Waals surface area (Å²) in [5, 5.41) is 0. The third-order valence-electron chi connectivity index (χ3n) is 2.70. The van der Waals surface area contributed by atoms with Gasteiger partial charge in [0.05, 0.1) is 12.5 Å². The van der Waals surface area contributed by atoms with Crippen molar-refractivity contribution in [2.75, 3.05) is 7.11 Å². The normalized spacial score (nSPS) is 13.9. The van der Waals surface area contributed by atoms with Crippen LogP contribution < -0.4 is 0 Å². The second-order valence-electron chi connectivity index (χ2n) is 4.88. The molecular formula is C14H19F3O. The number of ether oxygens (including phenoxy) is 1. The Bertz CT molecular complexity index is 354. The van der Waals surface area contributed by atoms with Crippen molar-refractivity contribution in [1.29, 1.82) is 0 Å². The third kappa shape index (κ3) is 5.08. The minimum Gasteiger partial charge on any atom is -0.376 e. The molecule has 0 amide bonds. The van der Waals surface area contributed by atoms with Crippen molar-refractivity contribution in [2.45, 2.75) is 39.0 Å². The van der Waals surface area contributed by atoms with Crippen LogP contribution in [-0.4, -0.2) is 13.3 Å². The molecule has 0 spiro atoms. The van der Waals surface area contributed by atoms with Crippen molar-refractivity contribution in [3.05, 3.63) is 35.4 Å². The molecule has 0 aliphatic heterocycles. The van der Waals surface area contributed by atoms with Gasteiger partial charge in [0.25, 0.3) is 0 Å². The maximum atomic E-state index is 12.3. The van der Waals surface area contributed by atoms with Crippen LogP contribution in [0, 0.1) is 5.92 Å². The first-order valence-corrected chi connectivity index (χ1v) is 6.00. The molecule has 18 heavy (non-hydrogen) atoms. The van der Waals surface area contributed by atoms with Crippen LogP contribution in [0.2, 0.25) is 0 Å². The van der Waals surface area contributed by atoms with Crippen molar-refractivity contribution < 1.29 is 17.9 Å². The van der Waals surface area contributed by atoms with E-state index in [1.807, 2.05) is 12.1 Å². The lowest BCUT2D eigenvalue weighted by atomic mass is 9.99. The smallest absolute Gasteiger partial charge is 0.376 e. The summed E-state index contributed by atoms with van der Waals surface area (Å²) in [6, 6.07) is 7.19. The van der Waals surface area contributed by atoms with Crippen LogP contribution in [-0.2, 0) is 11.2 Å². The molecule has 1 nitrogen and oxygen atoms in total. The van der Waals surface area contributed by atoms with Crippen LogP contribution in [0.5, 0.6) is 0 Å². The molecule has 0 saturated carbocycles. The van der Waals surface area contributed by atoms with Crippen molar-refractivity contribution in [2.24, 2.45) is 5.92 Å². The van der Waals surface area contributed by atoms with E-state index in [0.717, 1.165) is 12.0 Å². The van der Waals surface area contributed by atoms with Gasteiger partial charge in [-0.25, -0.2) is 0 Å². The third-order valence-corrected chi connectivity index (χ3v) is 2.70. The number of hydrogen-bond donors (Lipinski definition) is 0. The maximum Gasteiger partial charge on any atom is 0.391 e. The molecule has 1 aromatic carbocycles. The number of rotatable bonds is 5. The zero-order chi connectivity index (χ0) is 13.8. The van der Waals surface area contributed by atoms with Gasteiger partial charge >= 0.3 is 6.18 Å². The van der Waals surface area contributed by atoms with Crippen LogP contribution in [0.15, 0.2) is 24.3 Å². The molecule has 0 radical (unpaired) electrons. The zero-order valence-corrected chi connectivity index (χ0v) is 10.9. The molecule has 4 heteroatoms. The summed E-state index contributed by atoms with van der Waals surface area (Å²) >= 11 is 0. The second-order valence-corrected chi connectivity index (χ2v) is 4.88. The number of halogens is 3. The molecule has 1 aromatic rings. The zero-order valence-electron chi connectivity index (χ0n) is 10.9. The minimum absolute atomic E-state index is 0.532. The molecule has 0 aliphatic carbocycles. The van der Waals surface area contributed by atoms with Crippen LogP contribution in [0.25, 0.3) is 0 Å². The van der Waals surface area contributed by atoms with E-state index in [1.165, 1.54) is 7.11 Å². The summed E-state index contributed by atoms with van der Waals surface area (Å²) in [5.41, 5.74) is 1.71. The molecule has 0 heterocycles. The summed E-state index contributed by atoms with van der Waals surface area (Å²) in [5.74, 6) is 0.532. The van der Waals surface area contributed by atoms with Gasteiger partial charge in [0.15, 0.2) is 0 Å². The van der Waals surface area contributed by atoms with Crippen LogP contribution in [0.1, 0.15) is 37.5 Å². The van der Waals surface area contributed by atoms with Gasteiger partial charge in [0, 0.05) is 7.11 Å². The van der Waals surface area contributed by atoms with Crippen molar-refractivity contribution >= 4 is 0 Å². The summed E-state index contributed by atoms with van der Waals surface area (Å²) in [6.45, 7) is 4.21. The Kier molecular flexibility index (Phi) is 5.20. The molecule has 0 aromatic heterocycles. The van der Waals surface area contributed by atoms with Gasteiger partial charge in [0.2, 0.25) is 0 Å². The van der Waals surface area contributed by atoms with E-state index < -0.39 is 18.7 Å². The lowest BCUT2D eigenvalue weighted by Gasteiger charge is -2.18. The van der Waals surface area contributed by atoms with E-state index in [-0.39, 0.29) is 0 Å². The molecule has 0 fully saturated rings. The highest BCUT2D eigenvalue weighted by Crippen LogP contribution is 2.31. The monoisotopic (exact) mass is 260 g/mol. The number of methoxy groups -OCH3 is 1. The predicted molar refractivity (Wildman–Crippen MR) is 65.4 cm³/mol. The molecule has 1 atom stereocenters. The standard InChI is InChI=1S/C14H19F3O/c1-10(2)8-11-4-6-12(7-5-11)13(18-3)9-14(15,16)17/h4-7,10,13H,8-9H2,1-3H3. The average molecular weight is 260 g/mol. The van der Waals surface area contributed by atoms with Crippen LogP contribution >= 0.6 is 0 Å². The Balaban J connectivity index is 2.75. The molecule has 0 saturated heterocycles. The van der Waals surface area contributed by atoms with Crippen LogP contribution in [0.4, 0.5) is 13.2 Å². The average Bonchev–Trinajstić information content (AvgIpc) is 2.25. The topological polar surface area (TPSA) is 9.23 Å². The first kappa shape index (κ1) is 15.0. The fourth-order valence-corrected chi connectivity index (χ4v) is 1.89. The number of benzene rings is 1. The van der Waals surface area contributed by atoms with Gasteiger partial charge in [-0.15, -0.1) is 0 Å². The lowest BCUT2D eigenvalue weighted by molar-refractivity contribution is -0.158. The van der Waals surface area contributed by atoms with Crippen molar-refractivity contribution in [3.63, 3.8) is 0 Å². The quantitative estimate of drug-likeness (QED) is 0.756. The first-order chi connectivity index (χ1) is 8.31. The summed E-state index contributed by atoms with van der Waals surface area (Å²) in [7, 11) is 1.30. The highest BCUT2D eigenvalue weighted by molar-refractivity contribution is 5.24. The Labute approximate surface area is 106 Å². The Morgan fingerprint density at radius 3 is 2.06 bits per heavy atom. The molecular weight excluding hydrogens is 241 g/mol. The van der Waals surface area contributed by atoms with Gasteiger partial charge in [-0.3, -0.25) is 0 Å². The van der Waals surface area contributed by atoms with E-state index in [0.29, 0.717) is 11.5 Å². The molecule has 1 unspecified atom stereocenters. The molecule has 0 aliphatic rings. The Morgan fingerprint density at radius 2 is 1.67 bits per heavy atom. The first-order valence-electron chi connectivity index (χ1n) is 6.00. The van der Waals surface area contributed by atoms with Gasteiger partial charge < -0.3 is 4.74 Å². The molecule has 1 rings (SSSR count). The van der Waals surface area contributed by atoms with E-state index >= 15 is 0 Å². The maximum absolute atomic E-state index is 12.3. The van der Waals surface area contributed by atoms with Crippen LogP contribution in [0.3, 0.4) is 0 Å². The SMILES string of the molecule is COC(CC(F)(F)F)c1ccc(CC(C)C)cc1. The summed E-state index contributed by atoms with van der Waals surface area (Å²) in [4.78, 5) is 0. The minimum atomic E-state index is -4.21. The van der Waals surface area contributed by atoms with E-state index in [4.69, 9.17) is 4.74 Å². The molecule has 0 N–H and O–H groups in total. The van der Waals surface area contributed by atoms with Crippen molar-refractivity contribution in [3.8, 4) is 0 Å². The molecule has 102 valence electrons. The lowest BCUT2D eigenvalue weighted by Crippen LogP contribution is -2.15. The largest absolute Gasteiger partial charge is 0.391 e. The van der Waals surface area contributed by atoms with Crippen molar-refractivity contribution in [1.82, 2.24) is 0 Å². The fourth-order valence-electron chi connectivity index (χ4n) is 1.89. The molecule has 0 bridgehead atoms. The second kappa shape index (κ2) is 6.23. The predicted octanol–water partition coefficient (Wildman–Crippen LogP) is 4.53. The summed E-state index contributed by atoms with van der Waals surface area (Å²) < 4.78 is 42.0. The van der Waals surface area contributed by atoms with E-state index in [9.17, 15) is 13.2 Å². The van der Waals surface area contributed by atoms with E-state index in [2.05, 4.69) is 13.8 Å². The van der Waals surface area contributed by atoms with Gasteiger partial charge in [-0.05, 0) is 23.5 Å². The van der Waals surface area contributed by atoms with E-state index in [1.54, 1.807) is 12.1 Å². The number of alkyl halides is 3.